The van der Waals surface area contributed by atoms with E-state index in [2.05, 4.69) is 4.90 Å². The van der Waals surface area contributed by atoms with Crippen molar-refractivity contribution in [2.75, 3.05) is 33.8 Å². The molecule has 0 spiro atoms. The Hall–Kier alpha value is -1.10. The number of amides is 1. The van der Waals surface area contributed by atoms with Gasteiger partial charge in [0.1, 0.15) is 0 Å². The molecule has 4 nitrogen and oxygen atoms in total. The Balaban J connectivity index is 2.07. The number of hydrogen-bond acceptors (Lipinski definition) is 3. The molecule has 1 aliphatic heterocycles. The van der Waals surface area contributed by atoms with Crippen molar-refractivity contribution in [3.05, 3.63) is 34.9 Å². The lowest BCUT2D eigenvalue weighted by Gasteiger charge is -2.26. The molecule has 1 fully saturated rings. The highest BCUT2D eigenvalue weighted by Crippen LogP contribution is 2.29. The molecule has 1 saturated heterocycles. The second-order valence-corrected chi connectivity index (χ2v) is 6.12. The van der Waals surface area contributed by atoms with E-state index in [4.69, 9.17) is 16.3 Å². The van der Waals surface area contributed by atoms with E-state index in [-0.39, 0.29) is 5.91 Å². The molecule has 1 amide bonds. The minimum absolute atomic E-state index is 0.0549. The van der Waals surface area contributed by atoms with Crippen molar-refractivity contribution >= 4 is 17.5 Å². The first-order valence-electron chi connectivity index (χ1n) is 6.73. The average Bonchev–Trinajstić information content (AvgIpc) is 3.13. The number of nitrogens with zero attached hydrogens (tertiary/aromatic N) is 2. The second kappa shape index (κ2) is 6.12. The van der Waals surface area contributed by atoms with E-state index in [0.717, 1.165) is 12.1 Å². The quantitative estimate of drug-likeness (QED) is 0.754. The van der Waals surface area contributed by atoms with E-state index >= 15 is 0 Å². The molecule has 0 aliphatic carbocycles. The van der Waals surface area contributed by atoms with E-state index in [1.54, 1.807) is 0 Å². The predicted molar refractivity (Wildman–Crippen MR) is 79.8 cm³/mol. The molecule has 0 bridgehead atoms. The summed E-state index contributed by atoms with van der Waals surface area (Å²) in [7, 11) is 3.99. The predicted octanol–water partition coefficient (Wildman–Crippen LogP) is 2.02. The van der Waals surface area contributed by atoms with Crippen molar-refractivity contribution < 1.29 is 9.53 Å². The molecule has 0 saturated carbocycles. The lowest BCUT2D eigenvalue weighted by molar-refractivity contribution is -0.137. The van der Waals surface area contributed by atoms with Crippen LogP contribution in [-0.4, -0.2) is 55.1 Å². The third kappa shape index (κ3) is 3.95. The maximum Gasteiger partial charge on any atom is 0.257 e. The number of carbonyl (C=O) groups excluding carboxylic acids is 1. The van der Waals surface area contributed by atoms with Gasteiger partial charge >= 0.3 is 0 Å². The van der Waals surface area contributed by atoms with Crippen LogP contribution in [0.3, 0.4) is 0 Å². The van der Waals surface area contributed by atoms with Gasteiger partial charge < -0.3 is 14.5 Å². The SMILES string of the molecule is CN(C)CCN(Cc1cccc(Cl)c1)C(=O)C1(C)CO1. The summed E-state index contributed by atoms with van der Waals surface area (Å²) in [5, 5.41) is 0.691. The van der Waals surface area contributed by atoms with E-state index in [9.17, 15) is 4.79 Å². The van der Waals surface area contributed by atoms with Crippen LogP contribution >= 0.6 is 11.6 Å². The molecule has 1 atom stereocenters. The Morgan fingerprint density at radius 3 is 2.65 bits per heavy atom. The maximum absolute atomic E-state index is 12.5. The van der Waals surface area contributed by atoms with Gasteiger partial charge in [0.15, 0.2) is 5.60 Å². The van der Waals surface area contributed by atoms with Gasteiger partial charge in [-0.1, -0.05) is 23.7 Å². The summed E-state index contributed by atoms with van der Waals surface area (Å²) >= 11 is 6.00. The molecule has 0 aromatic heterocycles. The van der Waals surface area contributed by atoms with Crippen molar-refractivity contribution in [3.63, 3.8) is 0 Å². The molecule has 1 aliphatic rings. The zero-order valence-corrected chi connectivity index (χ0v) is 13.0. The van der Waals surface area contributed by atoms with Crippen molar-refractivity contribution in [1.82, 2.24) is 9.80 Å². The van der Waals surface area contributed by atoms with Gasteiger partial charge in [0.25, 0.3) is 5.91 Å². The van der Waals surface area contributed by atoms with Crippen LogP contribution in [0.4, 0.5) is 0 Å². The van der Waals surface area contributed by atoms with Gasteiger partial charge in [0, 0.05) is 24.7 Å². The smallest absolute Gasteiger partial charge is 0.257 e. The standard InChI is InChI=1S/C15H21ClN2O2/c1-15(11-20-15)14(19)18(8-7-17(2)3)10-12-5-4-6-13(16)9-12/h4-6,9H,7-8,10-11H2,1-3H3. The molecule has 2 rings (SSSR count). The fraction of sp³-hybridized carbons (Fsp3) is 0.533. The van der Waals surface area contributed by atoms with Crippen LogP contribution in [0.2, 0.25) is 5.02 Å². The average molecular weight is 297 g/mol. The van der Waals surface area contributed by atoms with Crippen LogP contribution < -0.4 is 0 Å². The zero-order valence-electron chi connectivity index (χ0n) is 12.2. The summed E-state index contributed by atoms with van der Waals surface area (Å²) in [6, 6.07) is 7.62. The molecule has 0 radical (unpaired) electrons. The first-order chi connectivity index (χ1) is 9.40. The summed E-state index contributed by atoms with van der Waals surface area (Å²) in [6.07, 6.45) is 0. The van der Waals surface area contributed by atoms with Gasteiger partial charge in [-0.05, 0) is 38.7 Å². The van der Waals surface area contributed by atoms with E-state index < -0.39 is 5.60 Å². The number of carbonyl (C=O) groups is 1. The van der Waals surface area contributed by atoms with Crippen molar-refractivity contribution in [2.24, 2.45) is 0 Å². The van der Waals surface area contributed by atoms with E-state index in [0.29, 0.717) is 24.7 Å². The maximum atomic E-state index is 12.5. The lowest BCUT2D eigenvalue weighted by atomic mass is 10.1. The highest BCUT2D eigenvalue weighted by Gasteiger charge is 2.49. The van der Waals surface area contributed by atoms with Gasteiger partial charge in [-0.15, -0.1) is 0 Å². The Morgan fingerprint density at radius 1 is 1.40 bits per heavy atom. The van der Waals surface area contributed by atoms with Gasteiger partial charge in [0.05, 0.1) is 6.61 Å². The second-order valence-electron chi connectivity index (χ2n) is 5.68. The minimum atomic E-state index is -0.620. The number of benzene rings is 1. The molecule has 5 heteroatoms. The monoisotopic (exact) mass is 296 g/mol. The topological polar surface area (TPSA) is 36.1 Å². The summed E-state index contributed by atoms with van der Waals surface area (Å²) < 4.78 is 5.28. The highest BCUT2D eigenvalue weighted by atomic mass is 35.5. The Kier molecular flexibility index (Phi) is 4.68. The van der Waals surface area contributed by atoms with Gasteiger partial charge in [-0.3, -0.25) is 4.79 Å². The van der Waals surface area contributed by atoms with Crippen LogP contribution in [0.1, 0.15) is 12.5 Å². The first kappa shape index (κ1) is 15.3. The number of hydrogen-bond donors (Lipinski definition) is 0. The van der Waals surface area contributed by atoms with E-state index in [1.165, 1.54) is 0 Å². The molecule has 1 aromatic carbocycles. The summed E-state index contributed by atoms with van der Waals surface area (Å²) in [6.45, 7) is 4.42. The number of epoxide rings is 1. The Labute approximate surface area is 125 Å². The van der Waals surface area contributed by atoms with Gasteiger partial charge in [-0.2, -0.15) is 0 Å². The normalized spacial score (nSPS) is 21.1. The fourth-order valence-electron chi connectivity index (χ4n) is 2.00. The third-order valence-electron chi connectivity index (χ3n) is 3.40. The van der Waals surface area contributed by atoms with Crippen molar-refractivity contribution in [2.45, 2.75) is 19.1 Å². The van der Waals surface area contributed by atoms with Gasteiger partial charge in [0.2, 0.25) is 0 Å². The van der Waals surface area contributed by atoms with Crippen LogP contribution in [0.25, 0.3) is 0 Å². The van der Waals surface area contributed by atoms with Gasteiger partial charge in [-0.25, -0.2) is 0 Å². The highest BCUT2D eigenvalue weighted by molar-refractivity contribution is 6.30. The largest absolute Gasteiger partial charge is 0.359 e. The Morgan fingerprint density at radius 2 is 2.10 bits per heavy atom. The first-order valence-corrected chi connectivity index (χ1v) is 7.11. The lowest BCUT2D eigenvalue weighted by Crippen LogP contribution is -2.42. The molecule has 1 unspecified atom stereocenters. The fourth-order valence-corrected chi connectivity index (χ4v) is 2.21. The van der Waals surface area contributed by atoms with Crippen molar-refractivity contribution in [1.29, 1.82) is 0 Å². The summed E-state index contributed by atoms with van der Waals surface area (Å²) in [5.41, 5.74) is 0.416. The molecule has 20 heavy (non-hydrogen) atoms. The molecular formula is C15H21ClN2O2. The third-order valence-corrected chi connectivity index (χ3v) is 3.63. The zero-order chi connectivity index (χ0) is 14.8. The molecular weight excluding hydrogens is 276 g/mol. The number of likely N-dealkylation sites (N-methyl/N-ethyl adjacent to an activating group) is 1. The summed E-state index contributed by atoms with van der Waals surface area (Å²) in [4.78, 5) is 16.4. The number of rotatable bonds is 6. The molecule has 1 heterocycles. The van der Waals surface area contributed by atoms with Crippen LogP contribution in [0.5, 0.6) is 0 Å². The number of ether oxygens (including phenoxy) is 1. The molecule has 0 N–H and O–H groups in total. The van der Waals surface area contributed by atoms with Crippen LogP contribution in [0.15, 0.2) is 24.3 Å². The molecule has 110 valence electrons. The van der Waals surface area contributed by atoms with Crippen LogP contribution in [-0.2, 0) is 16.1 Å². The van der Waals surface area contributed by atoms with E-state index in [1.807, 2.05) is 50.2 Å². The van der Waals surface area contributed by atoms with Crippen molar-refractivity contribution in [3.8, 4) is 0 Å². The Bertz CT molecular complexity index is 487. The molecule has 1 aromatic rings. The summed E-state index contributed by atoms with van der Waals surface area (Å²) in [5.74, 6) is 0.0549. The van der Waals surface area contributed by atoms with Crippen LogP contribution in [0, 0.1) is 0 Å². The number of halogens is 1. The minimum Gasteiger partial charge on any atom is -0.359 e.